The highest BCUT2D eigenvalue weighted by atomic mass is 16.1. The fraction of sp³-hybridized carbons (Fsp3) is 0.0870. The summed E-state index contributed by atoms with van der Waals surface area (Å²) in [4.78, 5) is 16.7. The molecule has 0 radical (unpaired) electrons. The standard InChI is InChI=1S/C23H20N4O/c24-15-21(17-26-16-18-11-13-25-14-12-18)23(28)27-22(19-7-3-1-4-8-19)20-9-5-2-6-10-20/h1-14,17,22,26H,16H2,(H,27,28)/b21-17-. The summed E-state index contributed by atoms with van der Waals surface area (Å²) in [7, 11) is 0. The maximum atomic E-state index is 12.7. The highest BCUT2D eigenvalue weighted by Crippen LogP contribution is 2.22. The molecule has 138 valence electrons. The molecular weight excluding hydrogens is 348 g/mol. The molecule has 0 unspecified atom stereocenters. The van der Waals surface area contributed by atoms with Gasteiger partial charge < -0.3 is 10.6 Å². The van der Waals surface area contributed by atoms with Crippen LogP contribution in [0.25, 0.3) is 0 Å². The van der Waals surface area contributed by atoms with Gasteiger partial charge in [0.1, 0.15) is 11.6 Å². The van der Waals surface area contributed by atoms with Crippen molar-refractivity contribution in [2.45, 2.75) is 12.6 Å². The summed E-state index contributed by atoms with van der Waals surface area (Å²) in [5.74, 6) is -0.428. The van der Waals surface area contributed by atoms with E-state index in [1.54, 1.807) is 12.4 Å². The van der Waals surface area contributed by atoms with E-state index < -0.39 is 5.91 Å². The quantitative estimate of drug-likeness (QED) is 0.494. The molecule has 0 aliphatic rings. The van der Waals surface area contributed by atoms with Gasteiger partial charge in [-0.15, -0.1) is 0 Å². The summed E-state index contributed by atoms with van der Waals surface area (Å²) in [5, 5.41) is 15.4. The summed E-state index contributed by atoms with van der Waals surface area (Å²) in [6.45, 7) is 0.502. The summed E-state index contributed by atoms with van der Waals surface area (Å²) in [5.41, 5.74) is 2.93. The minimum atomic E-state index is -0.428. The second-order valence-corrected chi connectivity index (χ2v) is 6.13. The van der Waals surface area contributed by atoms with Gasteiger partial charge in [0.05, 0.1) is 6.04 Å². The average molecular weight is 368 g/mol. The number of pyridine rings is 1. The van der Waals surface area contributed by atoms with Gasteiger partial charge in [0, 0.05) is 25.1 Å². The topological polar surface area (TPSA) is 77.8 Å². The van der Waals surface area contributed by atoms with E-state index in [4.69, 9.17) is 0 Å². The van der Waals surface area contributed by atoms with Crippen LogP contribution >= 0.6 is 0 Å². The van der Waals surface area contributed by atoms with Crippen LogP contribution in [0.15, 0.2) is 97.0 Å². The van der Waals surface area contributed by atoms with E-state index in [0.29, 0.717) is 6.54 Å². The van der Waals surface area contributed by atoms with Gasteiger partial charge in [-0.25, -0.2) is 0 Å². The Balaban J connectivity index is 1.75. The molecule has 5 nitrogen and oxygen atoms in total. The zero-order valence-corrected chi connectivity index (χ0v) is 15.2. The number of benzene rings is 2. The molecule has 0 spiro atoms. The first-order valence-electron chi connectivity index (χ1n) is 8.91. The predicted molar refractivity (Wildman–Crippen MR) is 108 cm³/mol. The number of hydrogen-bond acceptors (Lipinski definition) is 4. The molecule has 3 rings (SSSR count). The van der Waals surface area contributed by atoms with Crippen molar-refractivity contribution in [2.75, 3.05) is 0 Å². The number of amides is 1. The van der Waals surface area contributed by atoms with Crippen LogP contribution < -0.4 is 10.6 Å². The van der Waals surface area contributed by atoms with Crippen LogP contribution in [-0.4, -0.2) is 10.9 Å². The second-order valence-electron chi connectivity index (χ2n) is 6.13. The van der Waals surface area contributed by atoms with Gasteiger partial charge in [-0.1, -0.05) is 60.7 Å². The molecule has 2 aromatic carbocycles. The molecule has 1 heterocycles. The molecule has 0 atom stereocenters. The lowest BCUT2D eigenvalue weighted by atomic mass is 9.98. The number of aromatic nitrogens is 1. The Hall–Kier alpha value is -3.91. The van der Waals surface area contributed by atoms with Gasteiger partial charge >= 0.3 is 0 Å². The first kappa shape index (κ1) is 18.9. The minimum Gasteiger partial charge on any atom is -0.386 e. The van der Waals surface area contributed by atoms with Crippen molar-refractivity contribution in [2.24, 2.45) is 0 Å². The number of rotatable bonds is 7. The summed E-state index contributed by atoms with van der Waals surface area (Å²) < 4.78 is 0. The molecule has 2 N–H and O–H groups in total. The molecule has 1 aromatic heterocycles. The van der Waals surface area contributed by atoms with Crippen molar-refractivity contribution in [3.05, 3.63) is 114 Å². The van der Waals surface area contributed by atoms with E-state index in [9.17, 15) is 10.1 Å². The Morgan fingerprint density at radius 3 is 2.07 bits per heavy atom. The monoisotopic (exact) mass is 368 g/mol. The van der Waals surface area contributed by atoms with Crippen molar-refractivity contribution in [1.29, 1.82) is 5.26 Å². The molecule has 0 fully saturated rings. The maximum Gasteiger partial charge on any atom is 0.264 e. The predicted octanol–water partition coefficient (Wildman–Crippen LogP) is 3.48. The Morgan fingerprint density at radius 2 is 1.54 bits per heavy atom. The van der Waals surface area contributed by atoms with E-state index in [0.717, 1.165) is 16.7 Å². The molecule has 0 bridgehead atoms. The third-order valence-electron chi connectivity index (χ3n) is 4.21. The van der Waals surface area contributed by atoms with Gasteiger partial charge in [0.25, 0.3) is 5.91 Å². The van der Waals surface area contributed by atoms with Gasteiger partial charge in [-0.05, 0) is 28.8 Å². The van der Waals surface area contributed by atoms with Crippen LogP contribution in [0.3, 0.4) is 0 Å². The largest absolute Gasteiger partial charge is 0.386 e. The summed E-state index contributed by atoms with van der Waals surface area (Å²) >= 11 is 0. The Morgan fingerprint density at radius 1 is 0.964 bits per heavy atom. The summed E-state index contributed by atoms with van der Waals surface area (Å²) in [6, 6.07) is 24.7. The van der Waals surface area contributed by atoms with Crippen LogP contribution in [0.5, 0.6) is 0 Å². The van der Waals surface area contributed by atoms with E-state index in [-0.39, 0.29) is 11.6 Å². The van der Waals surface area contributed by atoms with Crippen LogP contribution in [-0.2, 0) is 11.3 Å². The number of hydrogen-bond donors (Lipinski definition) is 2. The highest BCUT2D eigenvalue weighted by molar-refractivity contribution is 5.97. The first-order chi connectivity index (χ1) is 13.8. The van der Waals surface area contributed by atoms with Crippen molar-refractivity contribution in [3.8, 4) is 6.07 Å². The van der Waals surface area contributed by atoms with Gasteiger partial charge in [-0.3, -0.25) is 9.78 Å². The van der Waals surface area contributed by atoms with E-state index >= 15 is 0 Å². The van der Waals surface area contributed by atoms with Gasteiger partial charge in [-0.2, -0.15) is 5.26 Å². The zero-order chi connectivity index (χ0) is 19.6. The highest BCUT2D eigenvalue weighted by Gasteiger charge is 2.18. The van der Waals surface area contributed by atoms with E-state index in [2.05, 4.69) is 15.6 Å². The zero-order valence-electron chi connectivity index (χ0n) is 15.2. The fourth-order valence-electron chi connectivity index (χ4n) is 2.78. The molecule has 0 aliphatic heterocycles. The number of carbonyl (C=O) groups is 1. The van der Waals surface area contributed by atoms with Gasteiger partial charge in [0.2, 0.25) is 0 Å². The smallest absolute Gasteiger partial charge is 0.264 e. The maximum absolute atomic E-state index is 12.7. The van der Waals surface area contributed by atoms with Crippen LogP contribution in [0.2, 0.25) is 0 Å². The van der Waals surface area contributed by atoms with E-state index in [1.807, 2.05) is 78.9 Å². The molecular formula is C23H20N4O. The molecule has 0 saturated heterocycles. The van der Waals surface area contributed by atoms with Gasteiger partial charge in [0.15, 0.2) is 0 Å². The van der Waals surface area contributed by atoms with Crippen molar-refractivity contribution >= 4 is 5.91 Å². The van der Waals surface area contributed by atoms with Crippen molar-refractivity contribution in [1.82, 2.24) is 15.6 Å². The molecule has 0 aliphatic carbocycles. The van der Waals surface area contributed by atoms with E-state index in [1.165, 1.54) is 6.20 Å². The van der Waals surface area contributed by atoms with Crippen molar-refractivity contribution in [3.63, 3.8) is 0 Å². The third kappa shape index (κ3) is 5.05. The number of nitriles is 1. The number of carbonyl (C=O) groups excluding carboxylic acids is 1. The number of nitrogens with one attached hydrogen (secondary N) is 2. The average Bonchev–Trinajstić information content (AvgIpc) is 2.77. The van der Waals surface area contributed by atoms with Crippen LogP contribution in [0, 0.1) is 11.3 Å². The molecule has 28 heavy (non-hydrogen) atoms. The third-order valence-corrected chi connectivity index (χ3v) is 4.21. The van der Waals surface area contributed by atoms with Crippen LogP contribution in [0.1, 0.15) is 22.7 Å². The minimum absolute atomic E-state index is 0.0194. The fourth-order valence-corrected chi connectivity index (χ4v) is 2.78. The molecule has 5 heteroatoms. The normalized spacial score (nSPS) is 10.9. The SMILES string of the molecule is N#C/C(=C/NCc1ccncc1)C(=O)NC(c1ccccc1)c1ccccc1. The lowest BCUT2D eigenvalue weighted by molar-refractivity contribution is -0.117. The first-order valence-corrected chi connectivity index (χ1v) is 8.91. The Labute approximate surface area is 164 Å². The van der Waals surface area contributed by atoms with Crippen LogP contribution in [0.4, 0.5) is 0 Å². The molecule has 0 saturated carbocycles. The molecule has 1 amide bonds. The Kier molecular flexibility index (Phi) is 6.53. The number of nitrogens with zero attached hydrogens (tertiary/aromatic N) is 2. The Bertz CT molecular complexity index is 924. The lowest BCUT2D eigenvalue weighted by Gasteiger charge is -2.19. The lowest BCUT2D eigenvalue weighted by Crippen LogP contribution is -2.30. The van der Waals surface area contributed by atoms with Crippen molar-refractivity contribution < 1.29 is 4.79 Å². The summed E-state index contributed by atoms with van der Waals surface area (Å²) in [6.07, 6.45) is 4.84. The molecule has 3 aromatic rings. The second kappa shape index (κ2) is 9.70.